The fourth-order valence-electron chi connectivity index (χ4n) is 8.80. The SMILES string of the molecule is CN1C[C@H](C2=CC(C3C=CC=CC3n3c4ccccc4c4c5c(ccc43)C3CCCCCC3O5)=CCC2)CC[C@@H]1C#N. The van der Waals surface area contributed by atoms with Crippen LogP contribution in [0.4, 0.5) is 0 Å². The normalized spacial score (nSPS) is 31.1. The van der Waals surface area contributed by atoms with E-state index < -0.39 is 0 Å². The molecule has 0 spiro atoms. The Hall–Kier alpha value is -3.55. The number of allylic oxidation sites excluding steroid dienone is 7. The average molecular weight is 556 g/mol. The van der Waals surface area contributed by atoms with Crippen LogP contribution in [0.1, 0.15) is 75.3 Å². The van der Waals surface area contributed by atoms with Crippen molar-refractivity contribution in [2.45, 2.75) is 81.9 Å². The van der Waals surface area contributed by atoms with Gasteiger partial charge in [-0.3, -0.25) is 4.90 Å². The Kier molecular flexibility index (Phi) is 6.60. The maximum absolute atomic E-state index is 9.52. The number of nitrogens with zero attached hydrogens (tertiary/aromatic N) is 3. The van der Waals surface area contributed by atoms with E-state index >= 15 is 0 Å². The summed E-state index contributed by atoms with van der Waals surface area (Å²) in [4.78, 5) is 2.26. The maximum atomic E-state index is 9.52. The van der Waals surface area contributed by atoms with Gasteiger partial charge in [0.05, 0.1) is 23.7 Å². The number of hydrogen-bond acceptors (Lipinski definition) is 3. The molecule has 3 aromatic rings. The number of nitriles is 1. The molecule has 2 aromatic carbocycles. The van der Waals surface area contributed by atoms with Gasteiger partial charge >= 0.3 is 0 Å². The lowest BCUT2D eigenvalue weighted by Crippen LogP contribution is -2.40. The van der Waals surface area contributed by atoms with Gasteiger partial charge in [-0.05, 0) is 75.6 Å². The molecule has 8 rings (SSSR count). The highest BCUT2D eigenvalue weighted by molar-refractivity contribution is 6.12. The third kappa shape index (κ3) is 4.20. The summed E-state index contributed by atoms with van der Waals surface area (Å²) < 4.78 is 9.47. The fraction of sp³-hybridized carbons (Fsp3) is 0.447. The number of fused-ring (bicyclic) bond motifs is 7. The lowest BCUT2D eigenvalue weighted by molar-refractivity contribution is 0.186. The molecule has 3 aliphatic carbocycles. The molecule has 5 aliphatic rings. The molecule has 3 heterocycles. The van der Waals surface area contributed by atoms with E-state index in [0.717, 1.165) is 38.0 Å². The van der Waals surface area contributed by atoms with Gasteiger partial charge in [0.15, 0.2) is 0 Å². The van der Waals surface area contributed by atoms with E-state index in [0.29, 0.717) is 17.9 Å². The van der Waals surface area contributed by atoms with Crippen LogP contribution in [-0.4, -0.2) is 35.2 Å². The van der Waals surface area contributed by atoms with Crippen molar-refractivity contribution < 1.29 is 4.74 Å². The van der Waals surface area contributed by atoms with Crippen molar-refractivity contribution in [3.8, 4) is 11.8 Å². The zero-order valence-electron chi connectivity index (χ0n) is 24.7. The molecule has 42 heavy (non-hydrogen) atoms. The number of para-hydroxylation sites is 1. The van der Waals surface area contributed by atoms with E-state index in [9.17, 15) is 5.26 Å². The van der Waals surface area contributed by atoms with E-state index in [2.05, 4.69) is 95.4 Å². The zero-order chi connectivity index (χ0) is 28.2. The zero-order valence-corrected chi connectivity index (χ0v) is 24.7. The van der Waals surface area contributed by atoms with E-state index in [1.165, 1.54) is 65.0 Å². The van der Waals surface area contributed by atoms with Crippen molar-refractivity contribution in [1.82, 2.24) is 9.47 Å². The van der Waals surface area contributed by atoms with Crippen molar-refractivity contribution in [2.24, 2.45) is 11.8 Å². The number of piperidine rings is 1. The third-order valence-electron chi connectivity index (χ3n) is 10.9. The smallest absolute Gasteiger partial charge is 0.133 e. The van der Waals surface area contributed by atoms with Gasteiger partial charge in [0.2, 0.25) is 0 Å². The highest BCUT2D eigenvalue weighted by atomic mass is 16.5. The van der Waals surface area contributed by atoms with Crippen molar-refractivity contribution in [1.29, 1.82) is 5.26 Å². The molecule has 4 unspecified atom stereocenters. The fourth-order valence-corrected chi connectivity index (χ4v) is 8.80. The molecule has 1 aromatic heterocycles. The van der Waals surface area contributed by atoms with Crippen LogP contribution in [0.15, 0.2) is 84.0 Å². The van der Waals surface area contributed by atoms with E-state index in [1.54, 1.807) is 5.57 Å². The number of likely N-dealkylation sites (tertiary alicyclic amines) is 1. The second kappa shape index (κ2) is 10.6. The summed E-state index contributed by atoms with van der Waals surface area (Å²) >= 11 is 0. The molecular formula is C38H41N3O. The summed E-state index contributed by atoms with van der Waals surface area (Å²) in [7, 11) is 2.12. The van der Waals surface area contributed by atoms with Crippen LogP contribution >= 0.6 is 0 Å². The molecule has 2 aliphatic heterocycles. The first-order valence-corrected chi connectivity index (χ1v) is 16.3. The average Bonchev–Trinajstić information content (AvgIpc) is 3.46. The van der Waals surface area contributed by atoms with Gasteiger partial charge in [-0.2, -0.15) is 5.26 Å². The summed E-state index contributed by atoms with van der Waals surface area (Å²) in [5, 5.41) is 12.1. The number of hydrogen-bond donors (Lipinski definition) is 0. The quantitative estimate of drug-likeness (QED) is 0.324. The second-order valence-corrected chi connectivity index (χ2v) is 13.3. The van der Waals surface area contributed by atoms with Crippen LogP contribution < -0.4 is 4.74 Å². The molecule has 2 fully saturated rings. The molecule has 0 bridgehead atoms. The monoisotopic (exact) mass is 555 g/mol. The summed E-state index contributed by atoms with van der Waals surface area (Å²) in [6.07, 6.45) is 25.3. The van der Waals surface area contributed by atoms with Crippen molar-refractivity contribution in [3.05, 3.63) is 89.6 Å². The van der Waals surface area contributed by atoms with Crippen molar-refractivity contribution >= 4 is 21.8 Å². The number of ether oxygens (including phenoxy) is 1. The Bertz CT molecular complexity index is 1700. The summed E-state index contributed by atoms with van der Waals surface area (Å²) in [6, 6.07) is 16.5. The molecule has 1 saturated carbocycles. The van der Waals surface area contributed by atoms with Gasteiger partial charge in [0.1, 0.15) is 11.9 Å². The second-order valence-electron chi connectivity index (χ2n) is 13.3. The van der Waals surface area contributed by atoms with Crippen molar-refractivity contribution in [3.63, 3.8) is 0 Å². The topological polar surface area (TPSA) is 41.2 Å². The highest BCUT2D eigenvalue weighted by Gasteiger charge is 2.38. The Morgan fingerprint density at radius 2 is 1.81 bits per heavy atom. The Labute approximate surface area is 249 Å². The molecule has 6 atom stereocenters. The van der Waals surface area contributed by atoms with Crippen LogP contribution in [0.25, 0.3) is 21.8 Å². The van der Waals surface area contributed by atoms with Gasteiger partial charge in [-0.1, -0.05) is 79.1 Å². The number of aromatic nitrogens is 1. The molecule has 4 heteroatoms. The first-order valence-electron chi connectivity index (χ1n) is 16.3. The predicted molar refractivity (Wildman–Crippen MR) is 171 cm³/mol. The van der Waals surface area contributed by atoms with Crippen molar-refractivity contribution in [2.75, 3.05) is 13.6 Å². The standard InChI is InChI=1S/C38H41N3O/c1-40-24-27(18-19-28(40)23-39)25-10-9-11-26(22-25)29-12-5-7-15-33(29)41-34-16-8-6-14-32(34)37-35(41)21-20-31-30-13-3-2-4-17-36(30)42-38(31)37/h5-8,11-12,14-16,20-22,27-30,33,36H,2-4,9-10,13,17-19,24H2,1H3/t27-,28-,29?,30?,33?,36?/m1/s1. The highest BCUT2D eigenvalue weighted by Crippen LogP contribution is 2.51. The van der Waals surface area contributed by atoms with E-state index in [1.807, 2.05) is 0 Å². The molecule has 4 nitrogen and oxygen atoms in total. The van der Waals surface area contributed by atoms with E-state index in [4.69, 9.17) is 4.74 Å². The minimum absolute atomic E-state index is 0.0605. The molecule has 1 saturated heterocycles. The molecule has 214 valence electrons. The van der Waals surface area contributed by atoms with Crippen LogP contribution in [0.5, 0.6) is 5.75 Å². The summed E-state index contributed by atoms with van der Waals surface area (Å²) in [5.41, 5.74) is 7.04. The predicted octanol–water partition coefficient (Wildman–Crippen LogP) is 8.77. The number of benzene rings is 2. The molecule has 0 radical (unpaired) electrons. The lowest BCUT2D eigenvalue weighted by atomic mass is 9.78. The van der Waals surface area contributed by atoms with E-state index in [-0.39, 0.29) is 18.0 Å². The molecule has 0 amide bonds. The molecular weight excluding hydrogens is 514 g/mol. The summed E-state index contributed by atoms with van der Waals surface area (Å²) in [6.45, 7) is 0.987. The first kappa shape index (κ1) is 26.1. The van der Waals surface area contributed by atoms with Gasteiger partial charge in [0.25, 0.3) is 0 Å². The minimum atomic E-state index is 0.0605. The van der Waals surface area contributed by atoms with Gasteiger partial charge in [-0.15, -0.1) is 0 Å². The number of rotatable bonds is 3. The van der Waals surface area contributed by atoms with Crippen LogP contribution in [0.3, 0.4) is 0 Å². The van der Waals surface area contributed by atoms with Gasteiger partial charge < -0.3 is 9.30 Å². The Morgan fingerprint density at radius 1 is 0.929 bits per heavy atom. The van der Waals surface area contributed by atoms with Crippen LogP contribution in [0, 0.1) is 23.2 Å². The van der Waals surface area contributed by atoms with Gasteiger partial charge in [-0.25, -0.2) is 0 Å². The molecule has 0 N–H and O–H groups in total. The first-order chi connectivity index (χ1) is 20.7. The Morgan fingerprint density at radius 3 is 2.71 bits per heavy atom. The minimum Gasteiger partial charge on any atom is -0.489 e. The maximum Gasteiger partial charge on any atom is 0.133 e. The largest absolute Gasteiger partial charge is 0.489 e. The van der Waals surface area contributed by atoms with Gasteiger partial charge in [0, 0.05) is 40.2 Å². The lowest BCUT2D eigenvalue weighted by Gasteiger charge is -2.36. The Balaban J connectivity index is 1.20. The van der Waals surface area contributed by atoms with Crippen LogP contribution in [-0.2, 0) is 0 Å². The third-order valence-corrected chi connectivity index (χ3v) is 10.9. The van der Waals surface area contributed by atoms with Crippen LogP contribution in [0.2, 0.25) is 0 Å². The summed E-state index contributed by atoms with van der Waals surface area (Å²) in [5.74, 6) is 2.52.